The zero-order chi connectivity index (χ0) is 16.1. The molecule has 23 heavy (non-hydrogen) atoms. The maximum atomic E-state index is 10.1. The van der Waals surface area contributed by atoms with E-state index in [1.54, 1.807) is 24.7 Å². The summed E-state index contributed by atoms with van der Waals surface area (Å²) in [6.07, 6.45) is 4.90. The van der Waals surface area contributed by atoms with E-state index in [1.165, 1.54) is 0 Å². The number of imidazole rings is 1. The first-order valence-electron chi connectivity index (χ1n) is 7.44. The van der Waals surface area contributed by atoms with Gasteiger partial charge in [-0.3, -0.25) is 0 Å². The van der Waals surface area contributed by atoms with E-state index in [4.69, 9.17) is 11.6 Å². The summed E-state index contributed by atoms with van der Waals surface area (Å²) < 4.78 is 1.96. The molecule has 0 aliphatic carbocycles. The van der Waals surface area contributed by atoms with Crippen molar-refractivity contribution in [3.8, 4) is 5.69 Å². The number of rotatable bonds is 6. The fourth-order valence-electron chi connectivity index (χ4n) is 2.35. The first kappa shape index (κ1) is 15.7. The molecule has 4 nitrogen and oxygen atoms in total. The predicted molar refractivity (Wildman–Crippen MR) is 91.7 cm³/mol. The quantitative estimate of drug-likeness (QED) is 0.730. The van der Waals surface area contributed by atoms with Crippen LogP contribution < -0.4 is 5.32 Å². The lowest BCUT2D eigenvalue weighted by molar-refractivity contribution is 0.174. The van der Waals surface area contributed by atoms with Crippen LogP contribution >= 0.6 is 11.6 Å². The summed E-state index contributed by atoms with van der Waals surface area (Å²) in [4.78, 5) is 4.04. The Balaban J connectivity index is 1.51. The van der Waals surface area contributed by atoms with Crippen LogP contribution in [0.5, 0.6) is 0 Å². The van der Waals surface area contributed by atoms with Crippen molar-refractivity contribution in [3.05, 3.63) is 83.4 Å². The van der Waals surface area contributed by atoms with Crippen LogP contribution in [0.2, 0.25) is 5.02 Å². The van der Waals surface area contributed by atoms with Crippen molar-refractivity contribution < 1.29 is 5.11 Å². The molecule has 0 radical (unpaired) electrons. The van der Waals surface area contributed by atoms with E-state index in [0.29, 0.717) is 18.1 Å². The van der Waals surface area contributed by atoms with Gasteiger partial charge in [0.1, 0.15) is 0 Å². The lowest BCUT2D eigenvalue weighted by atomic mass is 10.1. The van der Waals surface area contributed by atoms with Gasteiger partial charge in [0, 0.05) is 36.2 Å². The largest absolute Gasteiger partial charge is 0.387 e. The van der Waals surface area contributed by atoms with Crippen LogP contribution in [0.1, 0.15) is 17.2 Å². The summed E-state index contributed by atoms with van der Waals surface area (Å²) >= 11 is 5.85. The zero-order valence-electron chi connectivity index (χ0n) is 12.6. The van der Waals surface area contributed by atoms with Crippen molar-refractivity contribution in [2.24, 2.45) is 0 Å². The minimum Gasteiger partial charge on any atom is -0.387 e. The number of benzene rings is 2. The monoisotopic (exact) mass is 327 g/mol. The van der Waals surface area contributed by atoms with Crippen LogP contribution in [0.25, 0.3) is 5.69 Å². The van der Waals surface area contributed by atoms with Gasteiger partial charge in [0.2, 0.25) is 0 Å². The minimum atomic E-state index is -0.544. The maximum Gasteiger partial charge on any atom is 0.0991 e. The van der Waals surface area contributed by atoms with Gasteiger partial charge in [0.25, 0.3) is 0 Å². The summed E-state index contributed by atoms with van der Waals surface area (Å²) in [6, 6.07) is 15.5. The lowest BCUT2D eigenvalue weighted by Crippen LogP contribution is -2.21. The molecule has 3 rings (SSSR count). The smallest absolute Gasteiger partial charge is 0.0991 e. The van der Waals surface area contributed by atoms with Gasteiger partial charge >= 0.3 is 0 Å². The third kappa shape index (κ3) is 4.20. The summed E-state index contributed by atoms with van der Waals surface area (Å²) in [5.74, 6) is 0. The summed E-state index contributed by atoms with van der Waals surface area (Å²) in [5.41, 5.74) is 3.10. The molecule has 0 aliphatic heterocycles. The Bertz CT molecular complexity index is 724. The Morgan fingerprint density at radius 2 is 1.83 bits per heavy atom. The molecular weight excluding hydrogens is 310 g/mol. The minimum absolute atomic E-state index is 0.491. The van der Waals surface area contributed by atoms with Crippen LogP contribution in [-0.4, -0.2) is 21.2 Å². The Morgan fingerprint density at radius 3 is 2.48 bits per heavy atom. The van der Waals surface area contributed by atoms with E-state index in [9.17, 15) is 5.11 Å². The van der Waals surface area contributed by atoms with Gasteiger partial charge in [-0.15, -0.1) is 0 Å². The molecule has 0 aliphatic rings. The van der Waals surface area contributed by atoms with Crippen LogP contribution in [-0.2, 0) is 6.54 Å². The SMILES string of the molecule is OC(CNCc1ccc(-n2ccnc2)cc1)c1ccc(Cl)cc1. The molecule has 0 fully saturated rings. The molecule has 2 aromatic carbocycles. The van der Waals surface area contributed by atoms with Crippen LogP contribution in [0.4, 0.5) is 0 Å². The fourth-order valence-corrected chi connectivity index (χ4v) is 2.48. The third-order valence-electron chi connectivity index (χ3n) is 3.66. The normalized spacial score (nSPS) is 12.3. The first-order chi connectivity index (χ1) is 11.2. The summed E-state index contributed by atoms with van der Waals surface area (Å²) in [7, 11) is 0. The average molecular weight is 328 g/mol. The molecule has 0 bridgehead atoms. The number of aliphatic hydroxyl groups excluding tert-OH is 1. The molecular formula is C18H18ClN3O. The number of aromatic nitrogens is 2. The van der Waals surface area contributed by atoms with Crippen molar-refractivity contribution in [2.45, 2.75) is 12.6 Å². The van der Waals surface area contributed by atoms with E-state index in [-0.39, 0.29) is 0 Å². The van der Waals surface area contributed by atoms with Crippen LogP contribution in [0.3, 0.4) is 0 Å². The molecule has 1 atom stereocenters. The van der Waals surface area contributed by atoms with Crippen molar-refractivity contribution in [2.75, 3.05) is 6.54 Å². The molecule has 0 saturated heterocycles. The van der Waals surface area contributed by atoms with Crippen LogP contribution in [0.15, 0.2) is 67.3 Å². The Kier molecular flexibility index (Phi) is 5.08. The fraction of sp³-hybridized carbons (Fsp3) is 0.167. The van der Waals surface area contributed by atoms with E-state index < -0.39 is 6.10 Å². The second kappa shape index (κ2) is 7.42. The molecule has 2 N–H and O–H groups in total. The zero-order valence-corrected chi connectivity index (χ0v) is 13.3. The van der Waals surface area contributed by atoms with Crippen LogP contribution in [0, 0.1) is 0 Å². The second-order valence-corrected chi connectivity index (χ2v) is 5.77. The van der Waals surface area contributed by atoms with Gasteiger partial charge in [-0.25, -0.2) is 4.98 Å². The summed E-state index contributed by atoms with van der Waals surface area (Å²) in [5, 5.41) is 14.1. The highest BCUT2D eigenvalue weighted by atomic mass is 35.5. The van der Waals surface area contributed by atoms with Crippen molar-refractivity contribution in [3.63, 3.8) is 0 Å². The van der Waals surface area contributed by atoms with Crippen molar-refractivity contribution >= 4 is 11.6 Å². The number of nitrogens with zero attached hydrogens (tertiary/aromatic N) is 2. The standard InChI is InChI=1S/C18H18ClN3O/c19-16-5-3-15(4-6-16)18(23)12-21-11-14-1-7-17(8-2-14)22-10-9-20-13-22/h1-10,13,18,21,23H,11-12H2. The number of aliphatic hydroxyl groups is 1. The summed E-state index contributed by atoms with van der Waals surface area (Å²) in [6.45, 7) is 1.19. The molecule has 118 valence electrons. The van der Waals surface area contributed by atoms with Crippen molar-refractivity contribution in [1.82, 2.24) is 14.9 Å². The van der Waals surface area contributed by atoms with Gasteiger partial charge in [0.15, 0.2) is 0 Å². The first-order valence-corrected chi connectivity index (χ1v) is 7.82. The Morgan fingerprint density at radius 1 is 1.09 bits per heavy atom. The molecule has 0 spiro atoms. The topological polar surface area (TPSA) is 50.1 Å². The van der Waals surface area contributed by atoms with E-state index >= 15 is 0 Å². The van der Waals surface area contributed by atoms with Gasteiger partial charge in [0.05, 0.1) is 12.4 Å². The predicted octanol–water partition coefficient (Wildman–Crippen LogP) is 3.35. The molecule has 1 aromatic heterocycles. The highest BCUT2D eigenvalue weighted by Gasteiger charge is 2.06. The number of halogens is 1. The van der Waals surface area contributed by atoms with Gasteiger partial charge < -0.3 is 15.0 Å². The van der Waals surface area contributed by atoms with Crippen molar-refractivity contribution in [1.29, 1.82) is 0 Å². The number of hydrogen-bond donors (Lipinski definition) is 2. The molecule has 0 amide bonds. The van der Waals surface area contributed by atoms with E-state index in [1.807, 2.05) is 35.0 Å². The Hall–Kier alpha value is -2.14. The molecule has 5 heteroatoms. The highest BCUT2D eigenvalue weighted by molar-refractivity contribution is 6.30. The lowest BCUT2D eigenvalue weighted by Gasteiger charge is -2.12. The molecule has 3 aromatic rings. The van der Waals surface area contributed by atoms with Gasteiger partial charge in [-0.2, -0.15) is 0 Å². The van der Waals surface area contributed by atoms with Gasteiger partial charge in [-0.1, -0.05) is 35.9 Å². The third-order valence-corrected chi connectivity index (χ3v) is 3.91. The second-order valence-electron chi connectivity index (χ2n) is 5.33. The Labute approximate surface area is 140 Å². The van der Waals surface area contributed by atoms with Gasteiger partial charge in [-0.05, 0) is 35.4 Å². The number of hydrogen-bond acceptors (Lipinski definition) is 3. The molecule has 1 heterocycles. The maximum absolute atomic E-state index is 10.1. The highest BCUT2D eigenvalue weighted by Crippen LogP contribution is 2.16. The van der Waals surface area contributed by atoms with E-state index in [2.05, 4.69) is 22.4 Å². The van der Waals surface area contributed by atoms with E-state index in [0.717, 1.165) is 16.8 Å². The molecule has 1 unspecified atom stereocenters. The average Bonchev–Trinajstić information content (AvgIpc) is 3.10. The molecule has 0 saturated carbocycles. The number of nitrogens with one attached hydrogen (secondary N) is 1.